The quantitative estimate of drug-likeness (QED) is 0.886. The molecular formula is C19H25NO2. The number of carboxylic acid groups (broad SMARTS) is 1. The van der Waals surface area contributed by atoms with Crippen molar-refractivity contribution in [2.45, 2.75) is 53.5 Å². The third-order valence-corrected chi connectivity index (χ3v) is 5.25. The standard InChI is InChI=1S/C19H25NO2/c1-5-20-16-8-6-12(18(21)22)10-14(16)15-11-13(19(2,3)4)7-9-17(15)20/h6,8,10,13H,5,7,9,11H2,1-4H3,(H,21,22). The van der Waals surface area contributed by atoms with Gasteiger partial charge in [-0.25, -0.2) is 4.79 Å². The van der Waals surface area contributed by atoms with E-state index < -0.39 is 5.97 Å². The molecule has 3 heteroatoms. The van der Waals surface area contributed by atoms with E-state index in [4.69, 9.17) is 0 Å². The zero-order chi connectivity index (χ0) is 16.1. The minimum atomic E-state index is -0.844. The third-order valence-electron chi connectivity index (χ3n) is 5.25. The van der Waals surface area contributed by atoms with Gasteiger partial charge in [0.2, 0.25) is 0 Å². The van der Waals surface area contributed by atoms with Gasteiger partial charge in [-0.05, 0) is 61.3 Å². The Morgan fingerprint density at radius 1 is 1.36 bits per heavy atom. The lowest BCUT2D eigenvalue weighted by molar-refractivity contribution is 0.0697. The van der Waals surface area contributed by atoms with Crippen molar-refractivity contribution in [1.29, 1.82) is 0 Å². The molecule has 1 atom stereocenters. The first-order valence-electron chi connectivity index (χ1n) is 8.20. The van der Waals surface area contributed by atoms with E-state index >= 15 is 0 Å². The van der Waals surface area contributed by atoms with Crippen LogP contribution in [-0.4, -0.2) is 15.6 Å². The molecule has 0 saturated heterocycles. The summed E-state index contributed by atoms with van der Waals surface area (Å²) in [6.07, 6.45) is 3.38. The highest BCUT2D eigenvalue weighted by atomic mass is 16.4. The molecule has 0 radical (unpaired) electrons. The summed E-state index contributed by atoms with van der Waals surface area (Å²) in [5, 5.41) is 10.4. The number of hydrogen-bond acceptors (Lipinski definition) is 1. The summed E-state index contributed by atoms with van der Waals surface area (Å²) in [4.78, 5) is 11.3. The van der Waals surface area contributed by atoms with Gasteiger partial charge in [-0.3, -0.25) is 0 Å². The van der Waals surface area contributed by atoms with Crippen LogP contribution in [0.25, 0.3) is 10.9 Å². The minimum absolute atomic E-state index is 0.294. The fraction of sp³-hybridized carbons (Fsp3) is 0.526. The number of carbonyl (C=O) groups is 1. The van der Waals surface area contributed by atoms with Gasteiger partial charge in [0.1, 0.15) is 0 Å². The maximum atomic E-state index is 11.3. The fourth-order valence-electron chi connectivity index (χ4n) is 3.88. The molecule has 3 rings (SSSR count). The van der Waals surface area contributed by atoms with Crippen LogP contribution in [0.2, 0.25) is 0 Å². The van der Waals surface area contributed by atoms with Gasteiger partial charge in [-0.15, -0.1) is 0 Å². The van der Waals surface area contributed by atoms with Gasteiger partial charge in [0, 0.05) is 23.1 Å². The second-order valence-electron chi connectivity index (χ2n) is 7.51. The van der Waals surface area contributed by atoms with Crippen LogP contribution in [0.15, 0.2) is 18.2 Å². The van der Waals surface area contributed by atoms with Gasteiger partial charge < -0.3 is 9.67 Å². The van der Waals surface area contributed by atoms with Crippen molar-refractivity contribution in [2.24, 2.45) is 11.3 Å². The molecule has 0 saturated carbocycles. The van der Waals surface area contributed by atoms with Crippen molar-refractivity contribution in [2.75, 3.05) is 0 Å². The fourth-order valence-corrected chi connectivity index (χ4v) is 3.88. The Morgan fingerprint density at radius 2 is 2.09 bits per heavy atom. The average Bonchev–Trinajstić information content (AvgIpc) is 2.78. The molecule has 3 nitrogen and oxygen atoms in total. The molecule has 1 aliphatic carbocycles. The summed E-state index contributed by atoms with van der Waals surface area (Å²) in [5.74, 6) is -0.188. The molecule has 1 aromatic heterocycles. The van der Waals surface area contributed by atoms with E-state index in [1.165, 1.54) is 23.2 Å². The Morgan fingerprint density at radius 3 is 2.68 bits per heavy atom. The predicted octanol–water partition coefficient (Wildman–Crippen LogP) is 4.51. The van der Waals surface area contributed by atoms with Gasteiger partial charge in [0.25, 0.3) is 0 Å². The number of hydrogen-bond donors (Lipinski definition) is 1. The molecule has 1 aliphatic rings. The van der Waals surface area contributed by atoms with Crippen molar-refractivity contribution >= 4 is 16.9 Å². The number of benzene rings is 1. The van der Waals surface area contributed by atoms with Crippen molar-refractivity contribution < 1.29 is 9.90 Å². The second kappa shape index (κ2) is 5.15. The summed E-state index contributed by atoms with van der Waals surface area (Å²) in [6.45, 7) is 10.0. The smallest absolute Gasteiger partial charge is 0.335 e. The highest BCUT2D eigenvalue weighted by Crippen LogP contribution is 2.41. The number of fused-ring (bicyclic) bond motifs is 3. The summed E-state index contributed by atoms with van der Waals surface area (Å²) < 4.78 is 2.37. The lowest BCUT2D eigenvalue weighted by atomic mass is 9.71. The molecule has 22 heavy (non-hydrogen) atoms. The van der Waals surface area contributed by atoms with E-state index in [1.807, 2.05) is 12.1 Å². The first-order chi connectivity index (χ1) is 10.3. The van der Waals surface area contributed by atoms with Gasteiger partial charge in [-0.1, -0.05) is 20.8 Å². The second-order valence-corrected chi connectivity index (χ2v) is 7.51. The Bertz CT molecular complexity index is 734. The molecular weight excluding hydrogens is 274 g/mol. The van der Waals surface area contributed by atoms with E-state index in [2.05, 4.69) is 32.3 Å². The molecule has 1 N–H and O–H groups in total. The molecule has 0 aliphatic heterocycles. The Balaban J connectivity index is 2.19. The maximum absolute atomic E-state index is 11.3. The monoisotopic (exact) mass is 299 g/mol. The largest absolute Gasteiger partial charge is 0.478 e. The van der Waals surface area contributed by atoms with Gasteiger partial charge >= 0.3 is 5.97 Å². The lowest BCUT2D eigenvalue weighted by Crippen LogP contribution is -2.27. The van der Waals surface area contributed by atoms with Crippen molar-refractivity contribution in [3.8, 4) is 0 Å². The normalized spacial score (nSPS) is 18.5. The van der Waals surface area contributed by atoms with Crippen LogP contribution in [0, 0.1) is 11.3 Å². The minimum Gasteiger partial charge on any atom is -0.478 e. The predicted molar refractivity (Wildman–Crippen MR) is 89.5 cm³/mol. The zero-order valence-electron chi connectivity index (χ0n) is 13.9. The Hall–Kier alpha value is -1.77. The number of aryl methyl sites for hydroxylation is 1. The van der Waals surface area contributed by atoms with Crippen LogP contribution in [0.3, 0.4) is 0 Å². The first-order valence-corrected chi connectivity index (χ1v) is 8.20. The van der Waals surface area contributed by atoms with E-state index in [0.29, 0.717) is 16.9 Å². The highest BCUT2D eigenvalue weighted by Gasteiger charge is 2.31. The summed E-state index contributed by atoms with van der Waals surface area (Å²) in [5.41, 5.74) is 4.67. The summed E-state index contributed by atoms with van der Waals surface area (Å²) in [7, 11) is 0. The van der Waals surface area contributed by atoms with E-state index in [1.54, 1.807) is 6.07 Å². The van der Waals surface area contributed by atoms with E-state index in [-0.39, 0.29) is 0 Å². The average molecular weight is 299 g/mol. The molecule has 1 heterocycles. The highest BCUT2D eigenvalue weighted by molar-refractivity contribution is 5.95. The Labute approximate surface area is 131 Å². The van der Waals surface area contributed by atoms with E-state index in [9.17, 15) is 9.90 Å². The SMILES string of the molecule is CCn1c2c(c3cc(C(=O)O)ccc31)CC(C(C)(C)C)CC2. The molecule has 0 bridgehead atoms. The summed E-state index contributed by atoms with van der Waals surface area (Å²) in [6, 6.07) is 5.57. The van der Waals surface area contributed by atoms with Gasteiger partial charge in [-0.2, -0.15) is 0 Å². The van der Waals surface area contributed by atoms with Crippen LogP contribution >= 0.6 is 0 Å². The van der Waals surface area contributed by atoms with Crippen LogP contribution in [-0.2, 0) is 19.4 Å². The maximum Gasteiger partial charge on any atom is 0.335 e. The molecule has 0 fully saturated rings. The van der Waals surface area contributed by atoms with Crippen LogP contribution in [0.4, 0.5) is 0 Å². The number of nitrogens with zero attached hydrogens (tertiary/aromatic N) is 1. The number of rotatable bonds is 2. The van der Waals surface area contributed by atoms with Crippen molar-refractivity contribution in [3.63, 3.8) is 0 Å². The molecule has 1 aromatic carbocycles. The number of aromatic nitrogens is 1. The van der Waals surface area contributed by atoms with Crippen molar-refractivity contribution in [3.05, 3.63) is 35.0 Å². The molecule has 118 valence electrons. The van der Waals surface area contributed by atoms with Gasteiger partial charge in [0.15, 0.2) is 0 Å². The lowest BCUT2D eigenvalue weighted by Gasteiger charge is -2.34. The first kappa shape index (κ1) is 15.1. The molecule has 2 aromatic rings. The topological polar surface area (TPSA) is 42.2 Å². The number of aromatic carboxylic acids is 1. The molecule has 1 unspecified atom stereocenters. The van der Waals surface area contributed by atoms with Crippen LogP contribution < -0.4 is 0 Å². The molecule has 0 spiro atoms. The van der Waals surface area contributed by atoms with E-state index in [0.717, 1.165) is 24.8 Å². The Kier molecular flexibility index (Phi) is 3.54. The summed E-state index contributed by atoms with van der Waals surface area (Å²) >= 11 is 0. The zero-order valence-corrected chi connectivity index (χ0v) is 13.9. The number of carboxylic acids is 1. The third kappa shape index (κ3) is 2.33. The van der Waals surface area contributed by atoms with Crippen LogP contribution in [0.1, 0.15) is 55.7 Å². The van der Waals surface area contributed by atoms with Crippen molar-refractivity contribution in [1.82, 2.24) is 4.57 Å². The van der Waals surface area contributed by atoms with Gasteiger partial charge in [0.05, 0.1) is 5.56 Å². The van der Waals surface area contributed by atoms with Crippen LogP contribution in [0.5, 0.6) is 0 Å². The molecule has 0 amide bonds.